The normalized spacial score (nSPS) is 10.1. The Hall–Kier alpha value is -1.26. The summed E-state index contributed by atoms with van der Waals surface area (Å²) < 4.78 is 0. The van der Waals surface area contributed by atoms with Crippen LogP contribution in [0, 0.1) is 0 Å². The van der Waals surface area contributed by atoms with E-state index < -0.39 is 5.97 Å². The smallest absolute Gasteiger partial charge is 0.323 e. The molecule has 0 aromatic rings. The molecule has 0 heterocycles. The molecule has 1 N–H and O–H groups in total. The van der Waals surface area contributed by atoms with Crippen molar-refractivity contribution in [2.75, 3.05) is 20.1 Å². The van der Waals surface area contributed by atoms with Gasteiger partial charge in [0, 0.05) is 19.6 Å². The highest BCUT2D eigenvalue weighted by Crippen LogP contribution is 2.01. The summed E-state index contributed by atoms with van der Waals surface area (Å²) in [7, 11) is 1.66. The van der Waals surface area contributed by atoms with Crippen molar-refractivity contribution in [1.29, 1.82) is 0 Å². The van der Waals surface area contributed by atoms with E-state index in [2.05, 4.69) is 0 Å². The average molecular weight is 202 g/mol. The first kappa shape index (κ1) is 12.7. The van der Waals surface area contributed by atoms with Crippen molar-refractivity contribution in [3.63, 3.8) is 0 Å². The number of carbonyl (C=O) groups is 2. The lowest BCUT2D eigenvalue weighted by atomic mass is 10.3. The highest BCUT2D eigenvalue weighted by Gasteiger charge is 2.20. The second-order valence-electron chi connectivity index (χ2n) is 3.40. The van der Waals surface area contributed by atoms with E-state index in [1.165, 1.54) is 9.80 Å². The number of carboxylic acid groups (broad SMARTS) is 1. The van der Waals surface area contributed by atoms with Crippen LogP contribution >= 0.6 is 0 Å². The summed E-state index contributed by atoms with van der Waals surface area (Å²) in [5, 5.41) is 8.57. The second kappa shape index (κ2) is 5.47. The van der Waals surface area contributed by atoms with Crippen molar-refractivity contribution < 1.29 is 14.7 Å². The number of urea groups is 1. The standard InChI is InChI=1S/C9H18N2O3/c1-5-11(6-8(12)13)9(14)10(4)7(2)3/h7H,5-6H2,1-4H3,(H,12,13). The largest absolute Gasteiger partial charge is 0.480 e. The van der Waals surface area contributed by atoms with E-state index in [1.807, 2.05) is 13.8 Å². The van der Waals surface area contributed by atoms with Crippen LogP contribution in [0.15, 0.2) is 0 Å². The summed E-state index contributed by atoms with van der Waals surface area (Å²) in [4.78, 5) is 24.9. The van der Waals surface area contributed by atoms with Crippen LogP contribution in [0.3, 0.4) is 0 Å². The fourth-order valence-corrected chi connectivity index (χ4v) is 0.922. The van der Waals surface area contributed by atoms with E-state index in [9.17, 15) is 9.59 Å². The average Bonchev–Trinajstić information content (AvgIpc) is 2.11. The van der Waals surface area contributed by atoms with Gasteiger partial charge in [0.2, 0.25) is 0 Å². The maximum atomic E-state index is 11.6. The van der Waals surface area contributed by atoms with Gasteiger partial charge in [0.25, 0.3) is 0 Å². The molecule has 0 aliphatic heterocycles. The molecule has 0 saturated heterocycles. The minimum atomic E-state index is -0.989. The van der Waals surface area contributed by atoms with Crippen LogP contribution in [0.1, 0.15) is 20.8 Å². The van der Waals surface area contributed by atoms with E-state index >= 15 is 0 Å². The number of carboxylic acids is 1. The van der Waals surface area contributed by atoms with Crippen LogP contribution < -0.4 is 0 Å². The van der Waals surface area contributed by atoms with Crippen LogP contribution in [0.5, 0.6) is 0 Å². The van der Waals surface area contributed by atoms with E-state index in [-0.39, 0.29) is 18.6 Å². The summed E-state index contributed by atoms with van der Waals surface area (Å²) >= 11 is 0. The first-order valence-electron chi connectivity index (χ1n) is 4.63. The lowest BCUT2D eigenvalue weighted by molar-refractivity contribution is -0.137. The maximum absolute atomic E-state index is 11.6. The minimum absolute atomic E-state index is 0.0744. The number of aliphatic carboxylic acids is 1. The van der Waals surface area contributed by atoms with Crippen molar-refractivity contribution in [3.05, 3.63) is 0 Å². The van der Waals surface area contributed by atoms with Crippen molar-refractivity contribution in [1.82, 2.24) is 9.80 Å². The molecular weight excluding hydrogens is 184 g/mol. The third kappa shape index (κ3) is 3.64. The number of rotatable bonds is 4. The number of hydrogen-bond acceptors (Lipinski definition) is 2. The lowest BCUT2D eigenvalue weighted by Gasteiger charge is -2.28. The fraction of sp³-hybridized carbons (Fsp3) is 0.778. The first-order valence-corrected chi connectivity index (χ1v) is 4.63. The third-order valence-electron chi connectivity index (χ3n) is 2.05. The molecule has 0 bridgehead atoms. The topological polar surface area (TPSA) is 60.9 Å². The van der Waals surface area contributed by atoms with Gasteiger partial charge in [-0.15, -0.1) is 0 Å². The van der Waals surface area contributed by atoms with Gasteiger partial charge in [-0.05, 0) is 20.8 Å². The SMILES string of the molecule is CCN(CC(=O)O)C(=O)N(C)C(C)C. The molecule has 82 valence electrons. The van der Waals surface area contributed by atoms with E-state index in [1.54, 1.807) is 14.0 Å². The molecule has 0 fully saturated rings. The summed E-state index contributed by atoms with van der Waals surface area (Å²) in [5.41, 5.74) is 0. The predicted molar refractivity (Wildman–Crippen MR) is 53.2 cm³/mol. The zero-order valence-electron chi connectivity index (χ0n) is 9.15. The summed E-state index contributed by atoms with van der Waals surface area (Å²) in [5.74, 6) is -0.989. The van der Waals surface area contributed by atoms with Gasteiger partial charge >= 0.3 is 12.0 Å². The molecule has 2 amide bonds. The Bertz CT molecular complexity index is 216. The molecule has 14 heavy (non-hydrogen) atoms. The van der Waals surface area contributed by atoms with E-state index in [0.717, 1.165) is 0 Å². The van der Waals surface area contributed by atoms with Crippen LogP contribution in [-0.2, 0) is 4.79 Å². The number of likely N-dealkylation sites (N-methyl/N-ethyl adjacent to an activating group) is 1. The Morgan fingerprint density at radius 2 is 1.86 bits per heavy atom. The Morgan fingerprint density at radius 1 is 1.36 bits per heavy atom. The molecule has 0 spiro atoms. The molecule has 5 nitrogen and oxygen atoms in total. The zero-order chi connectivity index (χ0) is 11.3. The Labute approximate surface area is 84.3 Å². The van der Waals surface area contributed by atoms with Gasteiger partial charge in [-0.25, -0.2) is 4.79 Å². The van der Waals surface area contributed by atoms with Gasteiger partial charge in [-0.1, -0.05) is 0 Å². The van der Waals surface area contributed by atoms with Gasteiger partial charge in [0.1, 0.15) is 6.54 Å². The van der Waals surface area contributed by atoms with Crippen molar-refractivity contribution in [3.8, 4) is 0 Å². The van der Waals surface area contributed by atoms with Gasteiger partial charge in [-0.2, -0.15) is 0 Å². The van der Waals surface area contributed by atoms with Crippen molar-refractivity contribution in [2.45, 2.75) is 26.8 Å². The predicted octanol–water partition coefficient (Wildman–Crippen LogP) is 0.853. The van der Waals surface area contributed by atoms with E-state index in [0.29, 0.717) is 6.54 Å². The molecule has 0 saturated carbocycles. The second-order valence-corrected chi connectivity index (χ2v) is 3.40. The summed E-state index contributed by atoms with van der Waals surface area (Å²) in [6, 6.07) is -0.171. The minimum Gasteiger partial charge on any atom is -0.480 e. The monoisotopic (exact) mass is 202 g/mol. The Morgan fingerprint density at radius 3 is 2.14 bits per heavy atom. The fourth-order valence-electron chi connectivity index (χ4n) is 0.922. The highest BCUT2D eigenvalue weighted by atomic mass is 16.4. The van der Waals surface area contributed by atoms with Gasteiger partial charge < -0.3 is 14.9 Å². The maximum Gasteiger partial charge on any atom is 0.323 e. The zero-order valence-corrected chi connectivity index (χ0v) is 9.15. The third-order valence-corrected chi connectivity index (χ3v) is 2.05. The first-order chi connectivity index (χ1) is 6.40. The van der Waals surface area contributed by atoms with Gasteiger partial charge in [-0.3, -0.25) is 4.79 Å². The van der Waals surface area contributed by atoms with Crippen LogP contribution in [0.2, 0.25) is 0 Å². The number of carbonyl (C=O) groups excluding carboxylic acids is 1. The molecule has 0 atom stereocenters. The molecule has 0 aromatic carbocycles. The number of hydrogen-bond donors (Lipinski definition) is 1. The molecule has 0 unspecified atom stereocenters. The van der Waals surface area contributed by atoms with Crippen molar-refractivity contribution >= 4 is 12.0 Å². The Kier molecular flexibility index (Phi) is 4.97. The Balaban J connectivity index is 4.38. The van der Waals surface area contributed by atoms with Crippen LogP contribution in [0.4, 0.5) is 4.79 Å². The number of amides is 2. The molecule has 0 aliphatic carbocycles. The molecule has 0 rings (SSSR count). The van der Waals surface area contributed by atoms with Crippen LogP contribution in [-0.4, -0.2) is 53.1 Å². The molecular formula is C9H18N2O3. The molecule has 5 heteroatoms. The highest BCUT2D eigenvalue weighted by molar-refractivity contribution is 5.80. The summed E-state index contributed by atoms with van der Waals surface area (Å²) in [6.07, 6.45) is 0. The van der Waals surface area contributed by atoms with Gasteiger partial charge in [0.05, 0.1) is 0 Å². The molecule has 0 aliphatic rings. The molecule has 0 radical (unpaired) electrons. The van der Waals surface area contributed by atoms with Crippen molar-refractivity contribution in [2.24, 2.45) is 0 Å². The van der Waals surface area contributed by atoms with E-state index in [4.69, 9.17) is 5.11 Å². The molecule has 0 aromatic heterocycles. The van der Waals surface area contributed by atoms with Gasteiger partial charge in [0.15, 0.2) is 0 Å². The quantitative estimate of drug-likeness (QED) is 0.735. The van der Waals surface area contributed by atoms with Crippen LogP contribution in [0.25, 0.3) is 0 Å². The summed E-state index contributed by atoms with van der Waals surface area (Å²) in [6.45, 7) is 5.68. The number of nitrogens with zero attached hydrogens (tertiary/aromatic N) is 2. The lowest BCUT2D eigenvalue weighted by Crippen LogP contribution is -2.46.